The Morgan fingerprint density at radius 2 is 1.95 bits per heavy atom. The fourth-order valence-electron chi connectivity index (χ4n) is 2.23. The summed E-state index contributed by atoms with van der Waals surface area (Å²) in [5.74, 6) is 0.504. The molecular weight excluding hydrogens is 282 g/mol. The van der Waals surface area contributed by atoms with Crippen LogP contribution in [0.25, 0.3) is 0 Å². The Morgan fingerprint density at radius 1 is 1.33 bits per heavy atom. The summed E-state index contributed by atoms with van der Waals surface area (Å²) in [5, 5.41) is 0. The molecule has 114 valence electrons. The quantitative estimate of drug-likeness (QED) is 0.689. The SMILES string of the molecule is C=CCCN(CC(=C)C1CC1)S(=O)(=O)c1ccc(C)cc1. The molecule has 1 aromatic carbocycles. The molecule has 2 rings (SSSR count). The van der Waals surface area contributed by atoms with Gasteiger partial charge in [0.25, 0.3) is 0 Å². The number of hydrogen-bond donors (Lipinski definition) is 0. The van der Waals surface area contributed by atoms with Crippen molar-refractivity contribution in [2.75, 3.05) is 13.1 Å². The van der Waals surface area contributed by atoms with Crippen LogP contribution in [0.1, 0.15) is 24.8 Å². The largest absolute Gasteiger partial charge is 0.243 e. The van der Waals surface area contributed by atoms with Crippen molar-refractivity contribution in [1.82, 2.24) is 4.31 Å². The molecule has 0 saturated heterocycles. The number of sulfonamides is 1. The molecule has 4 heteroatoms. The van der Waals surface area contributed by atoms with Crippen molar-refractivity contribution in [3.63, 3.8) is 0 Å². The molecule has 0 spiro atoms. The standard InChI is InChI=1S/C17H23NO2S/c1-4-5-12-18(13-15(3)16-8-9-16)21(19,20)17-10-6-14(2)7-11-17/h4,6-7,10-11,16H,1,3,5,8-9,12-13H2,2H3. The number of nitrogens with zero attached hydrogens (tertiary/aromatic N) is 1. The second-order valence-corrected chi connectivity index (χ2v) is 7.60. The van der Waals surface area contributed by atoms with Gasteiger partial charge in [-0.25, -0.2) is 8.42 Å². The molecule has 21 heavy (non-hydrogen) atoms. The van der Waals surface area contributed by atoms with Gasteiger partial charge in [0.15, 0.2) is 0 Å². The van der Waals surface area contributed by atoms with Crippen LogP contribution in [0.15, 0.2) is 54.0 Å². The van der Waals surface area contributed by atoms with E-state index in [1.807, 2.05) is 19.1 Å². The molecular formula is C17H23NO2S. The van der Waals surface area contributed by atoms with Crippen LogP contribution in [0.2, 0.25) is 0 Å². The van der Waals surface area contributed by atoms with Gasteiger partial charge in [0, 0.05) is 13.1 Å². The third-order valence-electron chi connectivity index (χ3n) is 3.78. The van der Waals surface area contributed by atoms with Crippen molar-refractivity contribution >= 4 is 10.0 Å². The lowest BCUT2D eigenvalue weighted by Gasteiger charge is -2.23. The minimum absolute atomic E-state index is 0.348. The molecule has 1 aliphatic rings. The van der Waals surface area contributed by atoms with Gasteiger partial charge >= 0.3 is 0 Å². The van der Waals surface area contributed by atoms with Gasteiger partial charge in [-0.05, 0) is 44.2 Å². The smallest absolute Gasteiger partial charge is 0.207 e. The van der Waals surface area contributed by atoms with Crippen molar-refractivity contribution in [2.24, 2.45) is 5.92 Å². The van der Waals surface area contributed by atoms with Gasteiger partial charge in [-0.2, -0.15) is 4.31 Å². The summed E-state index contributed by atoms with van der Waals surface area (Å²) in [6.07, 6.45) is 4.66. The molecule has 1 aromatic rings. The Bertz CT molecular complexity index is 613. The second kappa shape index (κ2) is 6.58. The number of hydrogen-bond acceptors (Lipinski definition) is 2. The lowest BCUT2D eigenvalue weighted by atomic mass is 10.2. The third kappa shape index (κ3) is 4.05. The molecule has 3 nitrogen and oxygen atoms in total. The van der Waals surface area contributed by atoms with Crippen LogP contribution < -0.4 is 0 Å². The molecule has 0 aromatic heterocycles. The monoisotopic (exact) mass is 305 g/mol. The van der Waals surface area contributed by atoms with Gasteiger partial charge in [0.05, 0.1) is 4.90 Å². The average Bonchev–Trinajstić information content (AvgIpc) is 3.28. The average molecular weight is 305 g/mol. The highest BCUT2D eigenvalue weighted by atomic mass is 32.2. The van der Waals surface area contributed by atoms with Crippen molar-refractivity contribution in [1.29, 1.82) is 0 Å². The molecule has 1 aliphatic carbocycles. The highest BCUT2D eigenvalue weighted by Crippen LogP contribution is 2.36. The lowest BCUT2D eigenvalue weighted by molar-refractivity contribution is 0.436. The first-order valence-corrected chi connectivity index (χ1v) is 8.74. The fourth-order valence-corrected chi connectivity index (χ4v) is 3.69. The molecule has 0 radical (unpaired) electrons. The molecule has 0 heterocycles. The summed E-state index contributed by atoms with van der Waals surface area (Å²) in [6, 6.07) is 7.00. The van der Waals surface area contributed by atoms with Crippen LogP contribution in [-0.2, 0) is 10.0 Å². The molecule has 1 fully saturated rings. The van der Waals surface area contributed by atoms with E-state index in [0.29, 0.717) is 30.3 Å². The summed E-state index contributed by atoms with van der Waals surface area (Å²) in [7, 11) is -3.47. The molecule has 0 atom stereocenters. The summed E-state index contributed by atoms with van der Waals surface area (Å²) < 4.78 is 27.1. The minimum atomic E-state index is -3.47. The van der Waals surface area contributed by atoms with E-state index in [-0.39, 0.29) is 0 Å². The molecule has 1 saturated carbocycles. The Morgan fingerprint density at radius 3 is 2.48 bits per heavy atom. The van der Waals surface area contributed by atoms with E-state index in [4.69, 9.17) is 0 Å². The first-order chi connectivity index (χ1) is 9.95. The molecule has 0 aliphatic heterocycles. The first kappa shape index (κ1) is 16.0. The highest BCUT2D eigenvalue weighted by Gasteiger charge is 2.30. The number of rotatable bonds is 8. The van der Waals surface area contributed by atoms with Crippen LogP contribution in [0.3, 0.4) is 0 Å². The van der Waals surface area contributed by atoms with Crippen molar-refractivity contribution in [3.05, 3.63) is 54.6 Å². The van der Waals surface area contributed by atoms with E-state index >= 15 is 0 Å². The topological polar surface area (TPSA) is 37.4 Å². The van der Waals surface area contributed by atoms with Gasteiger partial charge < -0.3 is 0 Å². The zero-order chi connectivity index (χ0) is 15.5. The maximum Gasteiger partial charge on any atom is 0.243 e. The minimum Gasteiger partial charge on any atom is -0.207 e. The zero-order valence-electron chi connectivity index (χ0n) is 12.6. The Labute approximate surface area is 128 Å². The van der Waals surface area contributed by atoms with Gasteiger partial charge in [-0.15, -0.1) is 6.58 Å². The van der Waals surface area contributed by atoms with E-state index in [2.05, 4.69) is 13.2 Å². The maximum absolute atomic E-state index is 12.8. The Kier molecular flexibility index (Phi) is 5.01. The van der Waals surface area contributed by atoms with Crippen molar-refractivity contribution < 1.29 is 8.42 Å². The normalized spacial score (nSPS) is 15.1. The summed E-state index contributed by atoms with van der Waals surface area (Å²) in [6.45, 7) is 10.5. The van der Waals surface area contributed by atoms with Gasteiger partial charge in [-0.3, -0.25) is 0 Å². The lowest BCUT2D eigenvalue weighted by Crippen LogP contribution is -2.33. The fraction of sp³-hybridized carbons (Fsp3) is 0.412. The molecule has 0 amide bonds. The van der Waals surface area contributed by atoms with Crippen molar-refractivity contribution in [2.45, 2.75) is 31.1 Å². The number of aryl methyl sites for hydroxylation is 1. The highest BCUT2D eigenvalue weighted by molar-refractivity contribution is 7.89. The van der Waals surface area contributed by atoms with E-state index in [0.717, 1.165) is 24.0 Å². The predicted molar refractivity (Wildman–Crippen MR) is 86.6 cm³/mol. The number of benzene rings is 1. The molecule has 0 N–H and O–H groups in total. The van der Waals surface area contributed by atoms with E-state index in [1.54, 1.807) is 18.2 Å². The van der Waals surface area contributed by atoms with E-state index in [1.165, 1.54) is 4.31 Å². The summed E-state index contributed by atoms with van der Waals surface area (Å²) >= 11 is 0. The summed E-state index contributed by atoms with van der Waals surface area (Å²) in [4.78, 5) is 0.348. The van der Waals surface area contributed by atoms with Crippen LogP contribution in [0, 0.1) is 12.8 Å². The third-order valence-corrected chi connectivity index (χ3v) is 5.63. The van der Waals surface area contributed by atoms with Crippen molar-refractivity contribution in [3.8, 4) is 0 Å². The molecule has 0 bridgehead atoms. The zero-order valence-corrected chi connectivity index (χ0v) is 13.4. The van der Waals surface area contributed by atoms with Gasteiger partial charge in [0.1, 0.15) is 0 Å². The van der Waals surface area contributed by atoms with Crippen LogP contribution in [0.5, 0.6) is 0 Å². The van der Waals surface area contributed by atoms with Crippen LogP contribution in [0.4, 0.5) is 0 Å². The van der Waals surface area contributed by atoms with Gasteiger partial charge in [-0.1, -0.05) is 35.9 Å². The first-order valence-electron chi connectivity index (χ1n) is 7.30. The Balaban J connectivity index is 2.21. The maximum atomic E-state index is 12.8. The molecule has 0 unspecified atom stereocenters. The summed E-state index contributed by atoms with van der Waals surface area (Å²) in [5.41, 5.74) is 2.07. The van der Waals surface area contributed by atoms with E-state index in [9.17, 15) is 8.42 Å². The van der Waals surface area contributed by atoms with Crippen LogP contribution >= 0.6 is 0 Å². The second-order valence-electron chi connectivity index (χ2n) is 5.66. The van der Waals surface area contributed by atoms with E-state index < -0.39 is 10.0 Å². The predicted octanol–water partition coefficient (Wildman–Crippen LogP) is 3.53. The van der Waals surface area contributed by atoms with Gasteiger partial charge in [0.2, 0.25) is 10.0 Å². The van der Waals surface area contributed by atoms with Crippen LogP contribution in [-0.4, -0.2) is 25.8 Å². The Hall–Kier alpha value is -1.39.